The number of rotatable bonds is 5. The molecule has 2 aliphatic heterocycles. The van der Waals surface area contributed by atoms with Crippen LogP contribution >= 0.6 is 35.0 Å². The van der Waals surface area contributed by atoms with Crippen molar-refractivity contribution in [3.05, 3.63) is 69.2 Å². The third kappa shape index (κ3) is 4.04. The Morgan fingerprint density at radius 2 is 1.89 bits per heavy atom. The first-order valence-corrected chi connectivity index (χ1v) is 11.4. The molecule has 1 spiro atoms. The van der Waals surface area contributed by atoms with Gasteiger partial charge in [0.2, 0.25) is 0 Å². The van der Waals surface area contributed by atoms with E-state index in [4.69, 9.17) is 23.2 Å². The molecule has 4 rings (SSSR count). The minimum atomic E-state index is 0.303. The van der Waals surface area contributed by atoms with Crippen molar-refractivity contribution in [3.8, 4) is 0 Å². The molecule has 0 radical (unpaired) electrons. The topological polar surface area (TPSA) is 15.3 Å². The van der Waals surface area contributed by atoms with Crippen LogP contribution in [0.2, 0.25) is 10.0 Å². The molecular formula is C22H26Cl2N2S. The van der Waals surface area contributed by atoms with Gasteiger partial charge in [0, 0.05) is 16.5 Å². The van der Waals surface area contributed by atoms with Crippen molar-refractivity contribution in [2.24, 2.45) is 0 Å². The lowest BCUT2D eigenvalue weighted by molar-refractivity contribution is 0.193. The molecule has 0 amide bonds. The van der Waals surface area contributed by atoms with Crippen LogP contribution in [0.1, 0.15) is 42.0 Å². The molecule has 1 fully saturated rings. The first-order chi connectivity index (χ1) is 13.1. The maximum absolute atomic E-state index is 6.20. The fourth-order valence-corrected chi connectivity index (χ4v) is 6.27. The maximum Gasteiger partial charge on any atom is 0.0595 e. The molecule has 144 valence electrons. The second-order valence-corrected chi connectivity index (χ2v) is 9.76. The van der Waals surface area contributed by atoms with Crippen molar-refractivity contribution in [2.75, 3.05) is 26.7 Å². The molecule has 0 bridgehead atoms. The van der Waals surface area contributed by atoms with E-state index in [9.17, 15) is 0 Å². The Hall–Kier alpha value is -0.710. The lowest BCUT2D eigenvalue weighted by atomic mass is 9.86. The first kappa shape index (κ1) is 19.6. The molecule has 5 heteroatoms. The average molecular weight is 421 g/mol. The van der Waals surface area contributed by atoms with Gasteiger partial charge in [0.15, 0.2) is 0 Å². The molecule has 2 aromatic carbocycles. The van der Waals surface area contributed by atoms with Crippen molar-refractivity contribution < 1.29 is 0 Å². The van der Waals surface area contributed by atoms with Gasteiger partial charge in [0.1, 0.15) is 0 Å². The molecule has 0 unspecified atom stereocenters. The number of piperidine rings is 1. The van der Waals surface area contributed by atoms with Gasteiger partial charge in [-0.3, -0.25) is 0 Å². The van der Waals surface area contributed by atoms with Crippen LogP contribution < -0.4 is 5.32 Å². The largest absolute Gasteiger partial charge is 0.313 e. The highest BCUT2D eigenvalue weighted by molar-refractivity contribution is 7.99. The maximum atomic E-state index is 6.20. The number of nitrogens with zero attached hydrogens (tertiary/aromatic N) is 1. The van der Waals surface area contributed by atoms with Crippen LogP contribution in [0.5, 0.6) is 0 Å². The van der Waals surface area contributed by atoms with Gasteiger partial charge in [-0.1, -0.05) is 53.5 Å². The molecule has 1 atom stereocenters. The first-order valence-electron chi connectivity index (χ1n) is 9.68. The van der Waals surface area contributed by atoms with Crippen LogP contribution in [0.25, 0.3) is 0 Å². The van der Waals surface area contributed by atoms with E-state index in [2.05, 4.69) is 52.3 Å². The van der Waals surface area contributed by atoms with Crippen LogP contribution in [-0.2, 0) is 10.5 Å². The minimum Gasteiger partial charge on any atom is -0.313 e. The smallest absolute Gasteiger partial charge is 0.0595 e. The van der Waals surface area contributed by atoms with Gasteiger partial charge < -0.3 is 10.2 Å². The number of nitrogens with one attached hydrogen (secondary N) is 1. The number of halogens is 2. The van der Waals surface area contributed by atoms with Crippen LogP contribution in [0.15, 0.2) is 42.5 Å². The summed E-state index contributed by atoms with van der Waals surface area (Å²) in [5.41, 5.74) is 4.35. The van der Waals surface area contributed by atoms with E-state index in [1.165, 1.54) is 37.2 Å². The van der Waals surface area contributed by atoms with Gasteiger partial charge in [-0.25, -0.2) is 0 Å². The molecular weight excluding hydrogens is 395 g/mol. The van der Waals surface area contributed by atoms with Gasteiger partial charge >= 0.3 is 0 Å². The molecule has 2 aromatic rings. The van der Waals surface area contributed by atoms with Crippen LogP contribution in [0.4, 0.5) is 0 Å². The quantitative estimate of drug-likeness (QED) is 0.649. The number of benzene rings is 2. The zero-order chi connectivity index (χ0) is 18.9. The van der Waals surface area contributed by atoms with Crippen LogP contribution in [-0.4, -0.2) is 31.6 Å². The fourth-order valence-electron chi connectivity index (χ4n) is 4.45. The highest BCUT2D eigenvalue weighted by atomic mass is 35.5. The molecule has 0 aliphatic carbocycles. The number of hydrogen-bond acceptors (Lipinski definition) is 3. The van der Waals surface area contributed by atoms with Crippen LogP contribution in [0.3, 0.4) is 0 Å². The van der Waals surface area contributed by atoms with E-state index in [1.807, 2.05) is 19.2 Å². The van der Waals surface area contributed by atoms with Crippen molar-refractivity contribution in [3.63, 3.8) is 0 Å². The molecule has 0 saturated carbocycles. The lowest BCUT2D eigenvalue weighted by Crippen LogP contribution is -2.41. The Morgan fingerprint density at radius 3 is 2.63 bits per heavy atom. The van der Waals surface area contributed by atoms with Gasteiger partial charge in [-0.05, 0) is 74.8 Å². The summed E-state index contributed by atoms with van der Waals surface area (Å²) in [6.07, 6.45) is 3.59. The molecule has 1 saturated heterocycles. The zero-order valence-electron chi connectivity index (χ0n) is 15.7. The van der Waals surface area contributed by atoms with Gasteiger partial charge in [0.25, 0.3) is 0 Å². The van der Waals surface area contributed by atoms with E-state index < -0.39 is 0 Å². The van der Waals surface area contributed by atoms with E-state index in [0.29, 0.717) is 20.8 Å². The predicted molar refractivity (Wildman–Crippen MR) is 118 cm³/mol. The molecule has 0 aromatic heterocycles. The Kier molecular flexibility index (Phi) is 6.06. The van der Waals surface area contributed by atoms with Gasteiger partial charge in [-0.2, -0.15) is 0 Å². The highest BCUT2D eigenvalue weighted by Crippen LogP contribution is 2.53. The van der Waals surface area contributed by atoms with E-state index in [-0.39, 0.29) is 0 Å². The van der Waals surface area contributed by atoms with Gasteiger partial charge in [0.05, 0.1) is 10.0 Å². The van der Waals surface area contributed by atoms with Crippen LogP contribution in [0, 0.1) is 0 Å². The summed E-state index contributed by atoms with van der Waals surface area (Å²) < 4.78 is 0.360. The SMILES string of the molecule is CN[C@@H](CCN1CCC2(CC1)SCc1ccccc12)c1ccc(Cl)c(Cl)c1. The predicted octanol–water partition coefficient (Wildman–Crippen LogP) is 5.88. The number of fused-ring (bicyclic) bond motifs is 2. The normalized spacial score (nSPS) is 20.0. The van der Waals surface area contributed by atoms with E-state index in [0.717, 1.165) is 13.0 Å². The summed E-state index contributed by atoms with van der Waals surface area (Å²) in [6, 6.07) is 15.3. The van der Waals surface area contributed by atoms with Gasteiger partial charge in [-0.15, -0.1) is 11.8 Å². The Balaban J connectivity index is 1.35. The van der Waals surface area contributed by atoms with E-state index >= 15 is 0 Å². The van der Waals surface area contributed by atoms with Crippen molar-refractivity contribution in [1.82, 2.24) is 10.2 Å². The summed E-state index contributed by atoms with van der Waals surface area (Å²) in [5.74, 6) is 1.18. The second kappa shape index (κ2) is 8.34. The standard InChI is InChI=1S/C22H26Cl2N2S/c1-25-21(16-6-7-19(23)20(24)14-16)8-11-26-12-9-22(10-13-26)18-5-3-2-4-17(18)15-27-22/h2-7,14,21,25H,8-13,15H2,1H3/t21-/m0/s1. The molecule has 2 heterocycles. The van der Waals surface area contributed by atoms with Crippen molar-refractivity contribution >= 4 is 35.0 Å². The Bertz CT molecular complexity index is 803. The molecule has 2 nitrogen and oxygen atoms in total. The van der Waals surface area contributed by atoms with Crippen molar-refractivity contribution in [1.29, 1.82) is 0 Å². The van der Waals surface area contributed by atoms with Crippen molar-refractivity contribution in [2.45, 2.75) is 35.8 Å². The zero-order valence-corrected chi connectivity index (χ0v) is 18.0. The lowest BCUT2D eigenvalue weighted by Gasteiger charge is -2.40. The summed E-state index contributed by atoms with van der Waals surface area (Å²) >= 11 is 14.4. The Labute approximate surface area is 176 Å². The third-order valence-corrected chi connectivity index (χ3v) is 8.48. The number of likely N-dealkylation sites (tertiary alicyclic amines) is 1. The summed E-state index contributed by atoms with van der Waals surface area (Å²) in [4.78, 5) is 2.62. The highest BCUT2D eigenvalue weighted by Gasteiger charge is 2.41. The Morgan fingerprint density at radius 1 is 1.11 bits per heavy atom. The minimum absolute atomic E-state index is 0.303. The third-order valence-electron chi connectivity index (χ3n) is 6.10. The summed E-state index contributed by atoms with van der Waals surface area (Å²) in [6.45, 7) is 3.46. The number of hydrogen-bond donors (Lipinski definition) is 1. The molecule has 1 N–H and O–H groups in total. The monoisotopic (exact) mass is 420 g/mol. The summed E-state index contributed by atoms with van der Waals surface area (Å²) in [5, 5.41) is 4.68. The molecule has 27 heavy (non-hydrogen) atoms. The fraction of sp³-hybridized carbons (Fsp3) is 0.455. The average Bonchev–Trinajstić information content (AvgIpc) is 3.05. The molecule has 2 aliphatic rings. The summed E-state index contributed by atoms with van der Waals surface area (Å²) in [7, 11) is 2.02. The van der Waals surface area contributed by atoms with E-state index in [1.54, 1.807) is 11.1 Å². The number of thioether (sulfide) groups is 1. The second-order valence-electron chi connectivity index (χ2n) is 7.59.